The van der Waals surface area contributed by atoms with E-state index >= 15 is 0 Å². The van der Waals surface area contributed by atoms with Gasteiger partial charge in [0.25, 0.3) is 0 Å². The van der Waals surface area contributed by atoms with Crippen molar-refractivity contribution in [3.8, 4) is 0 Å². The third-order valence-electron chi connectivity index (χ3n) is 10.3. The number of hydrogen-bond donors (Lipinski definition) is 12. The maximum Gasteiger partial charge on any atom is 0.326 e. The summed E-state index contributed by atoms with van der Waals surface area (Å²) in [5, 5.41) is 37.3. The zero-order valence-corrected chi connectivity index (χ0v) is 35.5. The van der Waals surface area contributed by atoms with Gasteiger partial charge in [-0.3, -0.25) is 29.4 Å². The number of carbonyl (C=O) groups is 6. The highest BCUT2D eigenvalue weighted by molar-refractivity contribution is 7.80. The van der Waals surface area contributed by atoms with Crippen LogP contribution in [0.5, 0.6) is 0 Å². The summed E-state index contributed by atoms with van der Waals surface area (Å²) in [5.74, 6) is -5.21. The van der Waals surface area contributed by atoms with E-state index in [1.807, 2.05) is 72.8 Å². The first-order chi connectivity index (χ1) is 30.2. The molecule has 5 aromatic rings. The van der Waals surface area contributed by atoms with E-state index in [1.165, 1.54) is 19.4 Å². The third kappa shape index (κ3) is 14.0. The highest BCUT2D eigenvalue weighted by atomic mass is 32.1. The predicted molar refractivity (Wildman–Crippen MR) is 242 cm³/mol. The fourth-order valence-corrected chi connectivity index (χ4v) is 6.98. The largest absolute Gasteiger partial charge is 0.480 e. The number of benzene rings is 4. The molecule has 332 valence electrons. The number of thiol groups is 1. The van der Waals surface area contributed by atoms with E-state index in [1.54, 1.807) is 12.1 Å². The lowest BCUT2D eigenvalue weighted by Gasteiger charge is -2.27. The Hall–Kier alpha value is -6.99. The summed E-state index contributed by atoms with van der Waals surface area (Å²) in [7, 11) is 0. The van der Waals surface area contributed by atoms with Gasteiger partial charge >= 0.3 is 5.97 Å². The second-order valence-electron chi connectivity index (χ2n) is 15.1. The fraction of sp³-hybridized carbons (Fsp3) is 0.318. The smallest absolute Gasteiger partial charge is 0.326 e. The topological polar surface area (TPSA) is 299 Å². The van der Waals surface area contributed by atoms with E-state index in [2.05, 4.69) is 54.5 Å². The molecule has 5 amide bonds. The molecule has 0 saturated carbocycles. The van der Waals surface area contributed by atoms with Crippen LogP contribution in [0.1, 0.15) is 36.6 Å². The SMILES string of the molecule is C[C@@H](NC(=O)[C@@H](N)CS)C(=O)N[C@@H](Cc1c[nH]cn1)C(=O)N[C@H](Cc1ccc2ccccc2c1)C(=O)N[C@@H](CCCNC(=N)N)C(=O)N[C@@H](Cc1ccc2ccccc2c1)C(=O)O. The molecule has 0 aliphatic heterocycles. The van der Waals surface area contributed by atoms with E-state index in [-0.39, 0.29) is 50.4 Å². The molecule has 0 radical (unpaired) electrons. The third-order valence-corrected chi connectivity index (χ3v) is 10.7. The number of nitrogens with two attached hydrogens (primary N) is 2. The standard InChI is InChI=1S/C44H53N11O7S/c1-25(51-39(57)33(45)23-63)38(56)53-36(21-32-22-48-24-50-32)42(60)54-35(19-26-12-14-28-7-2-4-9-30(28)17-26)41(59)52-34(11-6-16-49-44(46)47)40(58)55-37(43(61)62)20-27-13-15-29-8-3-5-10-31(29)18-27/h2-5,7-10,12-15,17-18,22,24-25,33-37,63H,6,11,16,19-21,23,45H2,1H3,(H,48,50)(H,51,57)(H,52,59)(H,53,56)(H,54,60)(H,55,58)(H,61,62)(H4,46,47,49)/t25-,33+,34+,35-,36+,37+/m1/s1. The molecule has 0 spiro atoms. The quantitative estimate of drug-likeness (QED) is 0.0200. The lowest BCUT2D eigenvalue weighted by molar-refractivity contribution is -0.142. The van der Waals surface area contributed by atoms with Crippen LogP contribution in [-0.4, -0.2) is 105 Å². The van der Waals surface area contributed by atoms with Crippen LogP contribution < -0.4 is 43.4 Å². The Labute approximate surface area is 369 Å². The number of nitrogens with zero attached hydrogens (tertiary/aromatic N) is 1. The van der Waals surface area contributed by atoms with Gasteiger partial charge in [0.2, 0.25) is 29.5 Å². The Morgan fingerprint density at radius 2 is 1.21 bits per heavy atom. The van der Waals surface area contributed by atoms with Crippen LogP contribution in [0.2, 0.25) is 0 Å². The lowest BCUT2D eigenvalue weighted by atomic mass is 9.99. The number of imidazole rings is 1. The predicted octanol–water partition coefficient (Wildman–Crippen LogP) is 0.793. The maximum atomic E-state index is 14.5. The minimum absolute atomic E-state index is 0.00483. The zero-order chi connectivity index (χ0) is 45.5. The van der Waals surface area contributed by atoms with Crippen molar-refractivity contribution in [2.24, 2.45) is 11.5 Å². The Balaban J connectivity index is 1.41. The second kappa shape index (κ2) is 22.7. The number of aromatic amines is 1. The Bertz CT molecular complexity index is 2410. The van der Waals surface area contributed by atoms with Crippen molar-refractivity contribution in [3.63, 3.8) is 0 Å². The van der Waals surface area contributed by atoms with E-state index < -0.39 is 71.8 Å². The molecule has 63 heavy (non-hydrogen) atoms. The minimum atomic E-state index is -1.37. The highest BCUT2D eigenvalue weighted by Gasteiger charge is 2.33. The van der Waals surface area contributed by atoms with Crippen LogP contribution in [0.25, 0.3) is 21.5 Å². The van der Waals surface area contributed by atoms with Crippen LogP contribution in [0.3, 0.4) is 0 Å². The maximum absolute atomic E-state index is 14.5. The Morgan fingerprint density at radius 1 is 0.698 bits per heavy atom. The van der Waals surface area contributed by atoms with Crippen molar-refractivity contribution >= 4 is 75.6 Å². The summed E-state index contributed by atoms with van der Waals surface area (Å²) in [6.45, 7) is 1.59. The molecule has 0 unspecified atom stereocenters. The van der Waals surface area contributed by atoms with Gasteiger partial charge in [0.05, 0.1) is 18.1 Å². The van der Waals surface area contributed by atoms with Crippen molar-refractivity contribution in [1.29, 1.82) is 5.41 Å². The van der Waals surface area contributed by atoms with Gasteiger partial charge in [-0.1, -0.05) is 84.9 Å². The summed E-state index contributed by atoms with van der Waals surface area (Å²) in [6, 6.07) is 18.8. The molecule has 0 bridgehead atoms. The van der Waals surface area contributed by atoms with E-state index in [4.69, 9.17) is 16.9 Å². The van der Waals surface area contributed by atoms with Gasteiger partial charge < -0.3 is 53.5 Å². The number of carboxylic acids is 1. The van der Waals surface area contributed by atoms with Crippen molar-refractivity contribution in [2.75, 3.05) is 12.3 Å². The summed E-state index contributed by atoms with van der Waals surface area (Å²) < 4.78 is 0. The molecule has 1 heterocycles. The number of aromatic nitrogens is 2. The second-order valence-corrected chi connectivity index (χ2v) is 15.5. The number of amides is 5. The van der Waals surface area contributed by atoms with Gasteiger partial charge in [-0.2, -0.15) is 12.6 Å². The Morgan fingerprint density at radius 3 is 1.75 bits per heavy atom. The molecular formula is C44H53N11O7S. The number of carboxylic acid groups (broad SMARTS) is 1. The van der Waals surface area contributed by atoms with Gasteiger partial charge in [-0.15, -0.1) is 0 Å². The van der Waals surface area contributed by atoms with E-state index in [0.29, 0.717) is 16.8 Å². The molecule has 13 N–H and O–H groups in total. The number of hydrogen-bond acceptors (Lipinski definition) is 10. The van der Waals surface area contributed by atoms with Crippen molar-refractivity contribution in [3.05, 3.63) is 114 Å². The number of guanidine groups is 1. The number of nitrogens with one attached hydrogen (secondary N) is 8. The Kier molecular flexibility index (Phi) is 17.0. The number of fused-ring (bicyclic) bond motifs is 2. The fourth-order valence-electron chi connectivity index (χ4n) is 6.81. The van der Waals surface area contributed by atoms with Crippen molar-refractivity contribution < 1.29 is 33.9 Å². The molecular weight excluding hydrogens is 827 g/mol. The molecule has 0 aliphatic rings. The molecule has 18 nitrogen and oxygen atoms in total. The summed E-state index contributed by atoms with van der Waals surface area (Å²) in [4.78, 5) is 88.1. The van der Waals surface area contributed by atoms with Gasteiger partial charge in [0, 0.05) is 37.8 Å². The van der Waals surface area contributed by atoms with Gasteiger partial charge in [0.15, 0.2) is 5.96 Å². The number of H-pyrrole nitrogens is 1. The summed E-state index contributed by atoms with van der Waals surface area (Å²) >= 11 is 4.03. The molecule has 0 aliphatic carbocycles. The average molecular weight is 880 g/mol. The van der Waals surface area contributed by atoms with Crippen molar-refractivity contribution in [1.82, 2.24) is 41.9 Å². The van der Waals surface area contributed by atoms with Crippen LogP contribution >= 0.6 is 12.6 Å². The van der Waals surface area contributed by atoms with Gasteiger partial charge in [0.1, 0.15) is 30.2 Å². The zero-order valence-electron chi connectivity index (χ0n) is 34.6. The number of rotatable bonds is 22. The molecule has 1 aromatic heterocycles. The normalized spacial score (nSPS) is 14.0. The number of aliphatic carboxylic acids is 1. The molecule has 0 saturated heterocycles. The summed E-state index contributed by atoms with van der Waals surface area (Å²) in [6.07, 6.45) is 2.95. The van der Waals surface area contributed by atoms with Crippen LogP contribution in [0, 0.1) is 5.41 Å². The molecule has 5 rings (SSSR count). The monoisotopic (exact) mass is 879 g/mol. The summed E-state index contributed by atoms with van der Waals surface area (Å²) in [5.41, 5.74) is 13.0. The van der Waals surface area contributed by atoms with Crippen LogP contribution in [-0.2, 0) is 48.0 Å². The van der Waals surface area contributed by atoms with Crippen LogP contribution in [0.4, 0.5) is 0 Å². The first kappa shape index (κ1) is 47.1. The first-order valence-electron chi connectivity index (χ1n) is 20.3. The lowest BCUT2D eigenvalue weighted by Crippen LogP contribution is -2.60. The minimum Gasteiger partial charge on any atom is -0.480 e. The molecule has 6 atom stereocenters. The van der Waals surface area contributed by atoms with Gasteiger partial charge in [-0.05, 0) is 52.4 Å². The van der Waals surface area contributed by atoms with E-state index in [9.17, 15) is 33.9 Å². The van der Waals surface area contributed by atoms with Crippen LogP contribution in [0.15, 0.2) is 97.5 Å². The highest BCUT2D eigenvalue weighted by Crippen LogP contribution is 2.19. The number of carbonyl (C=O) groups excluding carboxylic acids is 5. The van der Waals surface area contributed by atoms with E-state index in [0.717, 1.165) is 21.5 Å². The van der Waals surface area contributed by atoms with Crippen molar-refractivity contribution in [2.45, 2.75) is 75.3 Å². The molecule has 19 heteroatoms. The average Bonchev–Trinajstić information content (AvgIpc) is 3.79. The molecule has 0 fully saturated rings. The molecule has 4 aromatic carbocycles. The van der Waals surface area contributed by atoms with Gasteiger partial charge in [-0.25, -0.2) is 9.78 Å². The first-order valence-corrected chi connectivity index (χ1v) is 21.0.